The Morgan fingerprint density at radius 2 is 1.59 bits per heavy atom. The van der Waals surface area contributed by atoms with Crippen molar-refractivity contribution < 1.29 is 4.74 Å². The average Bonchev–Trinajstić information content (AvgIpc) is 2.32. The second-order valence-electron chi connectivity index (χ2n) is 3.47. The first-order valence-corrected chi connectivity index (χ1v) is 6.04. The van der Waals surface area contributed by atoms with Gasteiger partial charge in [-0.2, -0.15) is 0 Å². The minimum absolute atomic E-state index is 0.510. The van der Waals surface area contributed by atoms with E-state index in [0.717, 1.165) is 16.9 Å². The smallest absolute Gasteiger partial charge is 0.120 e. The molecule has 0 radical (unpaired) electrons. The van der Waals surface area contributed by atoms with Crippen LogP contribution in [0.15, 0.2) is 36.4 Å². The van der Waals surface area contributed by atoms with E-state index >= 15 is 0 Å². The zero-order valence-corrected chi connectivity index (χ0v) is 11.3. The normalized spacial score (nSPS) is 10.4. The summed E-state index contributed by atoms with van der Waals surface area (Å²) < 4.78 is 5.10. The van der Waals surface area contributed by atoms with E-state index in [4.69, 9.17) is 39.5 Å². The van der Waals surface area contributed by atoms with E-state index in [1.165, 1.54) is 0 Å². The van der Waals surface area contributed by atoms with Crippen molar-refractivity contribution in [2.24, 2.45) is 0 Å². The maximum atomic E-state index is 6.18. The Morgan fingerprint density at radius 3 is 2.18 bits per heavy atom. The highest BCUT2D eigenvalue weighted by atomic mass is 35.5. The van der Waals surface area contributed by atoms with Crippen molar-refractivity contribution in [3.05, 3.63) is 51.5 Å². The first kappa shape index (κ1) is 12.6. The molecule has 2 rings (SSSR count). The number of benzene rings is 2. The molecule has 1 nitrogen and oxygen atoms in total. The second-order valence-corrected chi connectivity index (χ2v) is 4.70. The van der Waals surface area contributed by atoms with Gasteiger partial charge in [-0.1, -0.05) is 40.9 Å². The van der Waals surface area contributed by atoms with Crippen LogP contribution in [0.25, 0.3) is 11.1 Å². The van der Waals surface area contributed by atoms with Crippen LogP contribution in [0.2, 0.25) is 15.1 Å². The van der Waals surface area contributed by atoms with Crippen molar-refractivity contribution in [1.29, 1.82) is 0 Å². The Hall–Kier alpha value is -0.890. The van der Waals surface area contributed by atoms with Crippen molar-refractivity contribution in [3.63, 3.8) is 0 Å². The molecule has 0 aliphatic carbocycles. The zero-order valence-electron chi connectivity index (χ0n) is 9.01. The molecule has 0 N–H and O–H groups in total. The Morgan fingerprint density at radius 1 is 0.824 bits per heavy atom. The fourth-order valence-corrected chi connectivity index (χ4v) is 2.10. The number of halogens is 3. The topological polar surface area (TPSA) is 9.23 Å². The number of methoxy groups -OCH3 is 1. The largest absolute Gasteiger partial charge is 0.497 e. The molecule has 0 aliphatic rings. The fraction of sp³-hybridized carbons (Fsp3) is 0.0769. The molecule has 0 fully saturated rings. The summed E-state index contributed by atoms with van der Waals surface area (Å²) in [5.41, 5.74) is 1.82. The van der Waals surface area contributed by atoms with Crippen LogP contribution in [0.5, 0.6) is 5.75 Å². The lowest BCUT2D eigenvalue weighted by molar-refractivity contribution is 0.415. The summed E-state index contributed by atoms with van der Waals surface area (Å²) in [6.45, 7) is 0. The molecule has 88 valence electrons. The van der Waals surface area contributed by atoms with Crippen LogP contribution < -0.4 is 4.74 Å². The van der Waals surface area contributed by atoms with Gasteiger partial charge in [0.25, 0.3) is 0 Å². The minimum atomic E-state index is 0.510. The Bertz CT molecular complexity index is 552. The SMILES string of the molecule is COc1ccc(-c2ccc(Cl)c(Cl)c2)c(Cl)c1. The van der Waals surface area contributed by atoms with E-state index in [2.05, 4.69) is 0 Å². The van der Waals surface area contributed by atoms with E-state index < -0.39 is 0 Å². The lowest BCUT2D eigenvalue weighted by atomic mass is 10.1. The van der Waals surface area contributed by atoms with Crippen molar-refractivity contribution in [1.82, 2.24) is 0 Å². The monoisotopic (exact) mass is 286 g/mol. The third-order valence-electron chi connectivity index (χ3n) is 2.41. The first-order valence-electron chi connectivity index (χ1n) is 4.91. The summed E-state index contributed by atoms with van der Waals surface area (Å²) in [6.07, 6.45) is 0. The molecule has 0 unspecified atom stereocenters. The van der Waals surface area contributed by atoms with Crippen LogP contribution in [-0.4, -0.2) is 7.11 Å². The number of hydrogen-bond donors (Lipinski definition) is 0. The van der Waals surface area contributed by atoms with Gasteiger partial charge in [0, 0.05) is 5.56 Å². The summed E-state index contributed by atoms with van der Waals surface area (Å²) in [6, 6.07) is 10.9. The van der Waals surface area contributed by atoms with E-state index in [1.807, 2.05) is 18.2 Å². The molecule has 0 bridgehead atoms. The molecule has 2 aromatic carbocycles. The molecular weight excluding hydrogens is 279 g/mol. The highest BCUT2D eigenvalue weighted by Crippen LogP contribution is 2.34. The van der Waals surface area contributed by atoms with Crippen molar-refractivity contribution in [2.75, 3.05) is 7.11 Å². The molecule has 4 heteroatoms. The summed E-state index contributed by atoms with van der Waals surface area (Å²) in [5.74, 6) is 0.721. The first-order chi connectivity index (χ1) is 8.11. The van der Waals surface area contributed by atoms with Crippen LogP contribution in [0, 0.1) is 0 Å². The van der Waals surface area contributed by atoms with Gasteiger partial charge in [0.15, 0.2) is 0 Å². The molecule has 0 aliphatic heterocycles. The third-order valence-corrected chi connectivity index (χ3v) is 3.46. The molecule has 17 heavy (non-hydrogen) atoms. The predicted octanol–water partition coefficient (Wildman–Crippen LogP) is 5.32. The number of rotatable bonds is 2. The van der Waals surface area contributed by atoms with E-state index in [0.29, 0.717) is 15.1 Å². The molecule has 0 heterocycles. The highest BCUT2D eigenvalue weighted by molar-refractivity contribution is 6.42. The van der Waals surface area contributed by atoms with E-state index in [9.17, 15) is 0 Å². The average molecular weight is 288 g/mol. The van der Waals surface area contributed by atoms with Gasteiger partial charge in [-0.05, 0) is 35.9 Å². The van der Waals surface area contributed by atoms with Gasteiger partial charge in [-0.3, -0.25) is 0 Å². The molecule has 0 aromatic heterocycles. The van der Waals surface area contributed by atoms with Crippen molar-refractivity contribution in [3.8, 4) is 16.9 Å². The Labute approximate surface area is 115 Å². The molecular formula is C13H9Cl3O. The van der Waals surface area contributed by atoms with Gasteiger partial charge in [0.2, 0.25) is 0 Å². The molecule has 0 spiro atoms. The molecule has 0 saturated heterocycles. The van der Waals surface area contributed by atoms with Crippen LogP contribution >= 0.6 is 34.8 Å². The third kappa shape index (κ3) is 2.68. The fourth-order valence-electron chi connectivity index (χ4n) is 1.52. The van der Waals surface area contributed by atoms with Crippen LogP contribution in [0.4, 0.5) is 0 Å². The van der Waals surface area contributed by atoms with Gasteiger partial charge in [0.05, 0.1) is 22.2 Å². The lowest BCUT2D eigenvalue weighted by Gasteiger charge is -2.07. The van der Waals surface area contributed by atoms with Crippen LogP contribution in [0.3, 0.4) is 0 Å². The maximum absolute atomic E-state index is 6.18. The standard InChI is InChI=1S/C13H9Cl3O/c1-17-9-3-4-10(12(15)7-9)8-2-5-11(14)13(16)6-8/h2-7H,1H3. The molecule has 0 saturated carbocycles. The van der Waals surface area contributed by atoms with E-state index in [1.54, 1.807) is 25.3 Å². The predicted molar refractivity (Wildman–Crippen MR) is 73.5 cm³/mol. The number of hydrogen-bond acceptors (Lipinski definition) is 1. The van der Waals surface area contributed by atoms with Crippen LogP contribution in [0.1, 0.15) is 0 Å². The van der Waals surface area contributed by atoms with Crippen molar-refractivity contribution in [2.45, 2.75) is 0 Å². The summed E-state index contributed by atoms with van der Waals surface area (Å²) in [5, 5.41) is 1.65. The molecule has 0 atom stereocenters. The van der Waals surface area contributed by atoms with Gasteiger partial charge in [-0.15, -0.1) is 0 Å². The summed E-state index contributed by atoms with van der Waals surface area (Å²) in [4.78, 5) is 0. The molecule has 0 amide bonds. The number of ether oxygens (including phenoxy) is 1. The highest BCUT2D eigenvalue weighted by Gasteiger charge is 2.07. The van der Waals surface area contributed by atoms with E-state index in [-0.39, 0.29) is 0 Å². The summed E-state index contributed by atoms with van der Waals surface area (Å²) >= 11 is 18.0. The summed E-state index contributed by atoms with van der Waals surface area (Å²) in [7, 11) is 1.60. The zero-order chi connectivity index (χ0) is 12.4. The van der Waals surface area contributed by atoms with Gasteiger partial charge in [-0.25, -0.2) is 0 Å². The Balaban J connectivity index is 2.49. The van der Waals surface area contributed by atoms with Gasteiger partial charge < -0.3 is 4.74 Å². The van der Waals surface area contributed by atoms with Gasteiger partial charge >= 0.3 is 0 Å². The maximum Gasteiger partial charge on any atom is 0.120 e. The van der Waals surface area contributed by atoms with Gasteiger partial charge in [0.1, 0.15) is 5.75 Å². The Kier molecular flexibility index (Phi) is 3.82. The quantitative estimate of drug-likeness (QED) is 0.726. The van der Waals surface area contributed by atoms with Crippen molar-refractivity contribution >= 4 is 34.8 Å². The molecule has 2 aromatic rings. The second kappa shape index (κ2) is 5.18. The minimum Gasteiger partial charge on any atom is -0.497 e. The lowest BCUT2D eigenvalue weighted by Crippen LogP contribution is -1.85. The van der Waals surface area contributed by atoms with Crippen LogP contribution in [-0.2, 0) is 0 Å².